The molecule has 0 atom stereocenters. The monoisotopic (exact) mass is 128 g/mol. The van der Waals surface area contributed by atoms with Gasteiger partial charge >= 0.3 is 41.2 Å². The van der Waals surface area contributed by atoms with Crippen LogP contribution < -0.4 is 0 Å². The summed E-state index contributed by atoms with van der Waals surface area (Å²) in [5.74, 6) is 0. The van der Waals surface area contributed by atoms with E-state index >= 15 is 0 Å². The normalized spacial score (nSPS) is 8.80. The van der Waals surface area contributed by atoms with Gasteiger partial charge in [0.2, 0.25) is 0 Å². The molecule has 0 aliphatic carbocycles. The van der Waals surface area contributed by atoms with Crippen LogP contribution in [0, 0.1) is 0 Å². The van der Waals surface area contributed by atoms with Crippen LogP contribution in [0.5, 0.6) is 0 Å². The summed E-state index contributed by atoms with van der Waals surface area (Å²) in [5.41, 5.74) is 2.39. The summed E-state index contributed by atoms with van der Waals surface area (Å²) in [7, 11) is 0. The topological polar surface area (TPSA) is 0 Å². The van der Waals surface area contributed by atoms with Crippen LogP contribution in [0.4, 0.5) is 0 Å². The van der Waals surface area contributed by atoms with Crippen molar-refractivity contribution in [2.24, 2.45) is 0 Å². The third-order valence-corrected chi connectivity index (χ3v) is 4.24. The van der Waals surface area contributed by atoms with Crippen LogP contribution in [0.15, 0.2) is 0 Å². The van der Waals surface area contributed by atoms with E-state index in [1.807, 2.05) is 0 Å². The van der Waals surface area contributed by atoms with Crippen molar-refractivity contribution >= 4 is 17.4 Å². The van der Waals surface area contributed by atoms with E-state index in [-0.39, 0.29) is 17.4 Å². The number of rotatable bonds is 1. The molecule has 0 aromatic heterocycles. The van der Waals surface area contributed by atoms with E-state index in [1.54, 1.807) is 0 Å². The zero-order valence-electron chi connectivity index (χ0n) is 4.28. The van der Waals surface area contributed by atoms with Crippen molar-refractivity contribution in [2.75, 3.05) is 0 Å². The van der Waals surface area contributed by atoms with Crippen molar-refractivity contribution < 1.29 is 0 Å². The minimum absolute atomic E-state index is 0.0139. The van der Waals surface area contributed by atoms with Gasteiger partial charge in [-0.2, -0.15) is 0 Å². The minimum atomic E-state index is 0.0139. The van der Waals surface area contributed by atoms with Gasteiger partial charge in [-0.1, -0.05) is 0 Å². The standard InChI is InChI=1S/C3H7.CH3.Ga.H/c1-3-2;;;/h3H,1-2H3;1H3;;. The van der Waals surface area contributed by atoms with Gasteiger partial charge in [0.15, 0.2) is 0 Å². The molecule has 0 aromatic carbocycles. The second-order valence-electron chi connectivity index (χ2n) is 1.80. The van der Waals surface area contributed by atoms with Crippen LogP contribution in [-0.2, 0) is 0 Å². The second kappa shape index (κ2) is 2.85. The molecule has 0 nitrogen and oxygen atoms in total. The van der Waals surface area contributed by atoms with Gasteiger partial charge in [-0.05, 0) is 0 Å². The van der Waals surface area contributed by atoms with Crippen molar-refractivity contribution in [3.8, 4) is 0 Å². The molecule has 30 valence electrons. The summed E-state index contributed by atoms with van der Waals surface area (Å²) in [5, 5.41) is 0. The first-order valence-corrected chi connectivity index (χ1v) is 6.95. The first-order valence-electron chi connectivity index (χ1n) is 2.27. The average Bonchev–Trinajstić information content (AvgIpc) is 1.38. The fraction of sp³-hybridized carbons (Fsp3) is 1.00. The van der Waals surface area contributed by atoms with E-state index in [0.717, 1.165) is 4.47 Å². The summed E-state index contributed by atoms with van der Waals surface area (Å²) < 4.78 is 1.07. The zero-order valence-corrected chi connectivity index (χ0v) is 7.25. The van der Waals surface area contributed by atoms with E-state index in [0.29, 0.717) is 0 Å². The molecule has 0 spiro atoms. The third-order valence-electron chi connectivity index (χ3n) is 0.816. The quantitative estimate of drug-likeness (QED) is 0.468. The van der Waals surface area contributed by atoms with Crippen molar-refractivity contribution in [2.45, 2.75) is 23.8 Å². The van der Waals surface area contributed by atoms with E-state index in [9.17, 15) is 0 Å². The van der Waals surface area contributed by atoms with Gasteiger partial charge in [-0.15, -0.1) is 0 Å². The summed E-state index contributed by atoms with van der Waals surface area (Å²) in [6, 6.07) is 0. The summed E-state index contributed by atoms with van der Waals surface area (Å²) in [6.45, 7) is 4.61. The number of hydrogen-bond donors (Lipinski definition) is 0. The van der Waals surface area contributed by atoms with Crippen LogP contribution in [0.2, 0.25) is 9.95 Å². The molecule has 5 heavy (non-hydrogen) atoms. The molecule has 0 radical (unpaired) electrons. The van der Waals surface area contributed by atoms with Crippen LogP contribution >= 0.6 is 0 Å². The Hall–Kier alpha value is 0.636. The van der Waals surface area contributed by atoms with Crippen LogP contribution in [-0.4, -0.2) is 17.4 Å². The maximum absolute atomic E-state index is 2.39. The molecule has 0 aliphatic heterocycles. The molecule has 0 bridgehead atoms. The van der Waals surface area contributed by atoms with E-state index in [2.05, 4.69) is 19.3 Å². The van der Waals surface area contributed by atoms with E-state index in [4.69, 9.17) is 0 Å². The molecule has 0 amide bonds. The molecule has 0 heterocycles. The van der Waals surface area contributed by atoms with Gasteiger partial charge in [-0.25, -0.2) is 0 Å². The van der Waals surface area contributed by atoms with E-state index < -0.39 is 0 Å². The van der Waals surface area contributed by atoms with Crippen LogP contribution in [0.3, 0.4) is 0 Å². The van der Waals surface area contributed by atoms with Crippen molar-refractivity contribution in [1.82, 2.24) is 0 Å². The molecule has 0 fully saturated rings. The molecule has 0 saturated carbocycles. The first kappa shape index (κ1) is 5.64. The Bertz CT molecular complexity index is 17.6. The van der Waals surface area contributed by atoms with Gasteiger partial charge in [0, 0.05) is 0 Å². The molecule has 0 rings (SSSR count). The zero-order chi connectivity index (χ0) is 4.28. The summed E-state index contributed by atoms with van der Waals surface area (Å²) in [6.07, 6.45) is 0. The molecule has 0 saturated heterocycles. The van der Waals surface area contributed by atoms with Crippen molar-refractivity contribution in [3.63, 3.8) is 0 Å². The van der Waals surface area contributed by atoms with Crippen LogP contribution in [0.1, 0.15) is 13.8 Å². The Balaban J connectivity index is 2.54. The van der Waals surface area contributed by atoms with Crippen molar-refractivity contribution in [1.29, 1.82) is 0 Å². The number of hydrogen-bond acceptors (Lipinski definition) is 0. The predicted molar refractivity (Wildman–Crippen MR) is 28.1 cm³/mol. The SMILES string of the molecule is [CH3][GaH][CH](C)C. The molecule has 0 aliphatic rings. The second-order valence-corrected chi connectivity index (χ2v) is 6.94. The Morgan fingerprint density at radius 1 is 1.40 bits per heavy atom. The van der Waals surface area contributed by atoms with E-state index in [1.165, 1.54) is 0 Å². The summed E-state index contributed by atoms with van der Waals surface area (Å²) in [4.78, 5) is 0. The molecule has 0 unspecified atom stereocenters. The summed E-state index contributed by atoms with van der Waals surface area (Å²) >= 11 is 0.0139. The van der Waals surface area contributed by atoms with Gasteiger partial charge < -0.3 is 0 Å². The van der Waals surface area contributed by atoms with Gasteiger partial charge in [0.05, 0.1) is 0 Å². The average molecular weight is 129 g/mol. The molecular weight excluding hydrogens is 118 g/mol. The van der Waals surface area contributed by atoms with Gasteiger partial charge in [-0.3, -0.25) is 0 Å². The Morgan fingerprint density at radius 2 is 1.60 bits per heavy atom. The Morgan fingerprint density at radius 3 is 1.60 bits per heavy atom. The van der Waals surface area contributed by atoms with Crippen molar-refractivity contribution in [3.05, 3.63) is 0 Å². The van der Waals surface area contributed by atoms with Gasteiger partial charge in [0.1, 0.15) is 0 Å². The first-order chi connectivity index (χ1) is 2.27. The fourth-order valence-electron chi connectivity index (χ4n) is 0. The Kier molecular flexibility index (Phi) is 3.22. The molecule has 0 aromatic rings. The van der Waals surface area contributed by atoms with Crippen LogP contribution in [0.25, 0.3) is 0 Å². The fourth-order valence-corrected chi connectivity index (χ4v) is 0. The molecule has 1 heteroatoms. The third kappa shape index (κ3) is 4.64. The Labute approximate surface area is 41.7 Å². The predicted octanol–water partition coefficient (Wildman–Crippen LogP) is 1.30. The van der Waals surface area contributed by atoms with Gasteiger partial charge in [0.25, 0.3) is 0 Å². The maximum atomic E-state index is 2.39. The molecule has 0 N–H and O–H groups in total. The molecular formula is C4H11Ga.